The van der Waals surface area contributed by atoms with Crippen molar-refractivity contribution in [1.82, 2.24) is 15.1 Å². The Balaban J connectivity index is 1.66. The van der Waals surface area contributed by atoms with Crippen LogP contribution in [0.3, 0.4) is 0 Å². The van der Waals surface area contributed by atoms with Gasteiger partial charge in [0, 0.05) is 18.6 Å². The minimum Gasteiger partial charge on any atom is -0.479 e. The molecule has 0 aliphatic carbocycles. The molecular formula is C17H16N4O5. The Morgan fingerprint density at radius 1 is 1.31 bits per heavy atom. The van der Waals surface area contributed by atoms with Crippen molar-refractivity contribution < 1.29 is 18.7 Å². The monoisotopic (exact) mass is 356 g/mol. The second-order valence-electron chi connectivity index (χ2n) is 5.44. The van der Waals surface area contributed by atoms with Crippen molar-refractivity contribution in [1.29, 1.82) is 0 Å². The summed E-state index contributed by atoms with van der Waals surface area (Å²) in [6.07, 6.45) is 1.48. The third kappa shape index (κ3) is 3.56. The molecule has 134 valence electrons. The van der Waals surface area contributed by atoms with E-state index >= 15 is 0 Å². The number of anilines is 1. The number of benzene rings is 1. The van der Waals surface area contributed by atoms with E-state index < -0.39 is 17.4 Å². The molecule has 0 bridgehead atoms. The molecule has 9 heteroatoms. The number of carbonyl (C=O) groups is 2. The van der Waals surface area contributed by atoms with Crippen molar-refractivity contribution in [2.45, 2.75) is 0 Å². The molecule has 2 heterocycles. The van der Waals surface area contributed by atoms with Crippen LogP contribution in [0.15, 0.2) is 45.7 Å². The lowest BCUT2D eigenvalue weighted by Crippen LogP contribution is -2.33. The predicted molar refractivity (Wildman–Crippen MR) is 93.2 cm³/mol. The molecule has 0 aliphatic rings. The van der Waals surface area contributed by atoms with Crippen LogP contribution < -0.4 is 21.0 Å². The third-order valence-corrected chi connectivity index (χ3v) is 3.56. The second kappa shape index (κ2) is 7.09. The van der Waals surface area contributed by atoms with Gasteiger partial charge in [-0.05, 0) is 12.1 Å². The van der Waals surface area contributed by atoms with Crippen molar-refractivity contribution in [2.75, 3.05) is 19.0 Å². The summed E-state index contributed by atoms with van der Waals surface area (Å²) >= 11 is 0. The molecule has 3 aromatic rings. The lowest BCUT2D eigenvalue weighted by molar-refractivity contribution is -0.115. The number of amides is 2. The van der Waals surface area contributed by atoms with Crippen molar-refractivity contribution in [3.05, 3.63) is 52.5 Å². The number of nitrogens with zero attached hydrogens (tertiary/aromatic N) is 2. The zero-order valence-corrected chi connectivity index (χ0v) is 14.1. The van der Waals surface area contributed by atoms with Gasteiger partial charge in [-0.15, -0.1) is 5.10 Å². The number of fused-ring (bicyclic) bond motifs is 1. The fourth-order valence-electron chi connectivity index (χ4n) is 2.37. The summed E-state index contributed by atoms with van der Waals surface area (Å²) in [6, 6.07) is 8.46. The topological polar surface area (TPSA) is 115 Å². The maximum absolute atomic E-state index is 12.1. The molecule has 0 atom stereocenters. The zero-order valence-electron chi connectivity index (χ0n) is 14.1. The zero-order chi connectivity index (χ0) is 18.7. The highest BCUT2D eigenvalue weighted by atomic mass is 16.5. The molecule has 0 aliphatic heterocycles. The van der Waals surface area contributed by atoms with Gasteiger partial charge in [-0.1, -0.05) is 18.2 Å². The van der Waals surface area contributed by atoms with E-state index in [1.54, 1.807) is 31.3 Å². The Labute approximate surface area is 147 Å². The molecule has 0 saturated heterocycles. The molecule has 3 rings (SSSR count). The van der Waals surface area contributed by atoms with Gasteiger partial charge in [0.15, 0.2) is 0 Å². The molecule has 0 spiro atoms. The van der Waals surface area contributed by atoms with E-state index in [0.717, 1.165) is 0 Å². The molecule has 2 amide bonds. The molecule has 26 heavy (non-hydrogen) atoms. The average Bonchev–Trinajstić information content (AvgIpc) is 3.01. The molecule has 0 saturated carbocycles. The van der Waals surface area contributed by atoms with Gasteiger partial charge in [0.2, 0.25) is 11.8 Å². The number of hydrogen-bond acceptors (Lipinski definition) is 6. The van der Waals surface area contributed by atoms with Gasteiger partial charge < -0.3 is 19.8 Å². The Hall–Kier alpha value is -3.62. The molecule has 2 aromatic heterocycles. The normalized spacial score (nSPS) is 10.5. The van der Waals surface area contributed by atoms with Crippen LogP contribution in [0.4, 0.5) is 5.69 Å². The highest BCUT2D eigenvalue weighted by Gasteiger charge is 2.17. The first-order valence-corrected chi connectivity index (χ1v) is 7.66. The lowest BCUT2D eigenvalue weighted by atomic mass is 10.2. The number of ether oxygens (including phenoxy) is 1. The molecule has 1 aromatic carbocycles. The Morgan fingerprint density at radius 3 is 2.85 bits per heavy atom. The van der Waals surface area contributed by atoms with Crippen LogP contribution in [-0.4, -0.2) is 35.2 Å². The standard InChI is InChI=1S/C17H16N4O5/c1-21-9-11(16(20-21)25-2)15(23)18-8-14(22)19-12-7-10-5-3-4-6-13(10)26-17(12)24/h3-7,9H,8H2,1-2H3,(H,18,23)(H,19,22). The van der Waals surface area contributed by atoms with Gasteiger partial charge in [-0.3, -0.25) is 14.3 Å². The van der Waals surface area contributed by atoms with E-state index in [1.807, 2.05) is 0 Å². The summed E-state index contributed by atoms with van der Waals surface area (Å²) in [5, 5.41) is 9.52. The van der Waals surface area contributed by atoms with E-state index in [1.165, 1.54) is 24.1 Å². The van der Waals surface area contributed by atoms with Crippen LogP contribution in [0.2, 0.25) is 0 Å². The number of methoxy groups -OCH3 is 1. The number of carbonyl (C=O) groups excluding carboxylic acids is 2. The highest BCUT2D eigenvalue weighted by molar-refractivity contribution is 6.00. The maximum Gasteiger partial charge on any atom is 0.360 e. The number of hydrogen-bond donors (Lipinski definition) is 2. The van der Waals surface area contributed by atoms with Crippen LogP contribution >= 0.6 is 0 Å². The minimum absolute atomic E-state index is 0.00177. The van der Waals surface area contributed by atoms with Gasteiger partial charge in [-0.25, -0.2) is 4.79 Å². The highest BCUT2D eigenvalue weighted by Crippen LogP contribution is 2.15. The first-order chi connectivity index (χ1) is 12.5. The lowest BCUT2D eigenvalue weighted by Gasteiger charge is -2.06. The molecule has 0 radical (unpaired) electrons. The van der Waals surface area contributed by atoms with Crippen molar-refractivity contribution in [3.8, 4) is 5.88 Å². The van der Waals surface area contributed by atoms with Gasteiger partial charge in [0.1, 0.15) is 16.8 Å². The maximum atomic E-state index is 12.1. The van der Waals surface area contributed by atoms with E-state index in [2.05, 4.69) is 15.7 Å². The minimum atomic E-state index is -0.669. The summed E-state index contributed by atoms with van der Waals surface area (Å²) in [7, 11) is 3.04. The molecule has 0 unspecified atom stereocenters. The molecular weight excluding hydrogens is 340 g/mol. The molecule has 0 fully saturated rings. The number of aromatic nitrogens is 2. The van der Waals surface area contributed by atoms with Crippen LogP contribution in [0.5, 0.6) is 5.88 Å². The Morgan fingerprint density at radius 2 is 2.08 bits per heavy atom. The quantitative estimate of drug-likeness (QED) is 0.657. The van der Waals surface area contributed by atoms with Gasteiger partial charge in [-0.2, -0.15) is 0 Å². The van der Waals surface area contributed by atoms with Crippen LogP contribution in [0.25, 0.3) is 11.0 Å². The van der Waals surface area contributed by atoms with E-state index in [4.69, 9.17) is 9.15 Å². The molecule has 2 N–H and O–H groups in total. The second-order valence-corrected chi connectivity index (χ2v) is 5.44. The van der Waals surface area contributed by atoms with Crippen molar-refractivity contribution in [2.24, 2.45) is 7.05 Å². The largest absolute Gasteiger partial charge is 0.479 e. The van der Waals surface area contributed by atoms with Crippen LogP contribution in [-0.2, 0) is 11.8 Å². The van der Waals surface area contributed by atoms with E-state index in [0.29, 0.717) is 11.0 Å². The average molecular weight is 356 g/mol. The predicted octanol–water partition coefficient (Wildman–Crippen LogP) is 0.904. The fraction of sp³-hybridized carbons (Fsp3) is 0.176. The summed E-state index contributed by atoms with van der Waals surface area (Å²) < 4.78 is 11.6. The third-order valence-electron chi connectivity index (χ3n) is 3.56. The smallest absolute Gasteiger partial charge is 0.360 e. The summed E-state index contributed by atoms with van der Waals surface area (Å²) in [4.78, 5) is 36.1. The van der Waals surface area contributed by atoms with Crippen LogP contribution in [0.1, 0.15) is 10.4 Å². The number of para-hydroxylation sites is 1. The summed E-state index contributed by atoms with van der Waals surface area (Å²) in [6.45, 7) is -0.330. The Bertz CT molecular complexity index is 1040. The van der Waals surface area contributed by atoms with E-state index in [9.17, 15) is 14.4 Å². The first kappa shape index (κ1) is 17.2. The van der Waals surface area contributed by atoms with Crippen molar-refractivity contribution in [3.63, 3.8) is 0 Å². The van der Waals surface area contributed by atoms with Gasteiger partial charge >= 0.3 is 5.63 Å². The fourth-order valence-corrected chi connectivity index (χ4v) is 2.37. The summed E-state index contributed by atoms with van der Waals surface area (Å²) in [5.41, 5.74) is -0.0419. The molecule has 9 nitrogen and oxygen atoms in total. The number of aryl methyl sites for hydroxylation is 1. The van der Waals surface area contributed by atoms with Gasteiger partial charge in [0.05, 0.1) is 13.7 Å². The first-order valence-electron chi connectivity index (χ1n) is 7.66. The number of nitrogens with one attached hydrogen (secondary N) is 2. The summed E-state index contributed by atoms with van der Waals surface area (Å²) in [5.74, 6) is -0.931. The van der Waals surface area contributed by atoms with E-state index in [-0.39, 0.29) is 23.7 Å². The van der Waals surface area contributed by atoms with Gasteiger partial charge in [0.25, 0.3) is 5.91 Å². The van der Waals surface area contributed by atoms with Crippen molar-refractivity contribution >= 4 is 28.5 Å². The Kier molecular flexibility index (Phi) is 4.70. The van der Waals surface area contributed by atoms with Crippen LogP contribution in [0, 0.1) is 0 Å². The SMILES string of the molecule is COc1nn(C)cc1C(=O)NCC(=O)Nc1cc2ccccc2oc1=O. The number of rotatable bonds is 5.